The molecular weight excluding hydrogens is 364 g/mol. The van der Waals surface area contributed by atoms with Gasteiger partial charge in [-0.25, -0.2) is 8.78 Å². The van der Waals surface area contributed by atoms with Crippen molar-refractivity contribution in [2.75, 3.05) is 6.61 Å². The maximum atomic E-state index is 14.6. The fraction of sp³-hybridized carbons (Fsp3) is 0.429. The molecule has 0 saturated heterocycles. The van der Waals surface area contributed by atoms with Gasteiger partial charge in [-0.15, -0.1) is 10.2 Å². The summed E-state index contributed by atoms with van der Waals surface area (Å²) in [4.78, 5) is 1.21. The second kappa shape index (κ2) is 7.47. The van der Waals surface area contributed by atoms with E-state index in [4.69, 9.17) is 9.47 Å². The number of hydrogen-bond acceptors (Lipinski definition) is 4. The summed E-state index contributed by atoms with van der Waals surface area (Å²) in [6.45, 7) is 9.81. The van der Waals surface area contributed by atoms with Crippen LogP contribution in [-0.2, 0) is 4.74 Å². The highest BCUT2D eigenvalue weighted by molar-refractivity contribution is 5.73. The van der Waals surface area contributed by atoms with E-state index in [1.54, 1.807) is 26.0 Å². The van der Waals surface area contributed by atoms with Crippen LogP contribution < -0.4 is 4.74 Å². The van der Waals surface area contributed by atoms with Crippen LogP contribution in [0.25, 0.3) is 16.7 Å². The summed E-state index contributed by atoms with van der Waals surface area (Å²) in [7, 11) is 0. The summed E-state index contributed by atoms with van der Waals surface area (Å²) in [6.07, 6.45) is 0.483. The first kappa shape index (κ1) is 20.2. The molecule has 0 aliphatic rings. The zero-order valence-corrected chi connectivity index (χ0v) is 16.8. The largest absolute Gasteiger partial charge is 0.482 e. The van der Waals surface area contributed by atoms with Gasteiger partial charge in [0.05, 0.1) is 17.9 Å². The number of fused-ring (bicyclic) bond motifs is 1. The van der Waals surface area contributed by atoms with Crippen LogP contribution in [0.5, 0.6) is 5.75 Å². The third-order valence-electron chi connectivity index (χ3n) is 4.12. The SMILES string of the molecule is CC(C)(C)OCCC(C)(C)Oc1c(F)cc(-n2nc3ccccc3n2)cc1F. The Labute approximate surface area is 163 Å². The highest BCUT2D eigenvalue weighted by atomic mass is 19.1. The molecule has 0 bridgehead atoms. The van der Waals surface area contributed by atoms with Gasteiger partial charge in [0, 0.05) is 18.6 Å². The van der Waals surface area contributed by atoms with E-state index in [9.17, 15) is 8.78 Å². The predicted octanol–water partition coefficient (Wildman–Crippen LogP) is 5.06. The molecule has 0 N–H and O–H groups in total. The first-order chi connectivity index (χ1) is 13.0. The Morgan fingerprint density at radius 3 is 1.96 bits per heavy atom. The van der Waals surface area contributed by atoms with Crippen molar-refractivity contribution in [3.63, 3.8) is 0 Å². The van der Waals surface area contributed by atoms with Gasteiger partial charge in [0.1, 0.15) is 16.6 Å². The maximum absolute atomic E-state index is 14.6. The van der Waals surface area contributed by atoms with E-state index in [-0.39, 0.29) is 11.3 Å². The van der Waals surface area contributed by atoms with Crippen molar-refractivity contribution in [3.05, 3.63) is 48.0 Å². The number of nitrogens with zero attached hydrogens (tertiary/aromatic N) is 3. The lowest BCUT2D eigenvalue weighted by molar-refractivity contribution is -0.0306. The van der Waals surface area contributed by atoms with Gasteiger partial charge in [-0.3, -0.25) is 0 Å². The van der Waals surface area contributed by atoms with Crippen LogP contribution in [0.3, 0.4) is 0 Å². The summed E-state index contributed by atoms with van der Waals surface area (Å²) in [5.41, 5.74) is 0.390. The van der Waals surface area contributed by atoms with Gasteiger partial charge in [-0.1, -0.05) is 12.1 Å². The van der Waals surface area contributed by atoms with E-state index in [0.29, 0.717) is 24.1 Å². The standard InChI is InChI=1S/C21H25F2N3O2/c1-20(2,3)27-11-10-21(4,5)28-19-15(22)12-14(13-16(19)23)26-24-17-8-6-7-9-18(17)25-26/h6-9,12-13H,10-11H2,1-5H3. The zero-order valence-electron chi connectivity index (χ0n) is 16.8. The van der Waals surface area contributed by atoms with Crippen LogP contribution in [0.2, 0.25) is 0 Å². The van der Waals surface area contributed by atoms with Crippen LogP contribution in [0.1, 0.15) is 41.0 Å². The molecule has 5 nitrogen and oxygen atoms in total. The minimum Gasteiger partial charge on any atom is -0.482 e. The Morgan fingerprint density at radius 2 is 1.46 bits per heavy atom. The lowest BCUT2D eigenvalue weighted by Crippen LogP contribution is -2.32. The molecular formula is C21H25F2N3O2. The Balaban J connectivity index is 1.80. The monoisotopic (exact) mass is 389 g/mol. The molecule has 3 rings (SSSR count). The minimum absolute atomic E-state index is 0.187. The van der Waals surface area contributed by atoms with E-state index in [2.05, 4.69) is 10.2 Å². The fourth-order valence-corrected chi connectivity index (χ4v) is 2.67. The average molecular weight is 389 g/mol. The molecule has 150 valence electrons. The molecule has 0 fully saturated rings. The van der Waals surface area contributed by atoms with Crippen molar-refractivity contribution in [1.29, 1.82) is 0 Å². The summed E-state index contributed by atoms with van der Waals surface area (Å²) < 4.78 is 40.6. The van der Waals surface area contributed by atoms with Gasteiger partial charge in [0.15, 0.2) is 17.4 Å². The van der Waals surface area contributed by atoms with Gasteiger partial charge >= 0.3 is 0 Å². The molecule has 0 aliphatic carbocycles. The summed E-state index contributed by atoms with van der Waals surface area (Å²) >= 11 is 0. The first-order valence-corrected chi connectivity index (χ1v) is 9.19. The van der Waals surface area contributed by atoms with Crippen LogP contribution in [0.4, 0.5) is 8.78 Å². The van der Waals surface area contributed by atoms with Crippen molar-refractivity contribution in [2.24, 2.45) is 0 Å². The molecule has 1 aromatic heterocycles. The minimum atomic E-state index is -0.804. The molecule has 0 spiro atoms. The molecule has 28 heavy (non-hydrogen) atoms. The molecule has 0 aliphatic heterocycles. The van der Waals surface area contributed by atoms with Crippen molar-refractivity contribution in [3.8, 4) is 11.4 Å². The number of halogens is 2. The maximum Gasteiger partial charge on any atom is 0.191 e. The molecule has 7 heteroatoms. The van der Waals surface area contributed by atoms with Crippen molar-refractivity contribution < 1.29 is 18.3 Å². The number of hydrogen-bond donors (Lipinski definition) is 0. The molecule has 0 saturated carbocycles. The summed E-state index contributed by atoms with van der Waals surface area (Å²) in [5, 5.41) is 8.50. The van der Waals surface area contributed by atoms with E-state index >= 15 is 0 Å². The first-order valence-electron chi connectivity index (χ1n) is 9.19. The Morgan fingerprint density at radius 1 is 0.929 bits per heavy atom. The molecule has 3 aromatic rings. The second-order valence-electron chi connectivity index (χ2n) is 8.29. The van der Waals surface area contributed by atoms with E-state index < -0.39 is 23.0 Å². The van der Waals surface area contributed by atoms with Gasteiger partial charge in [-0.2, -0.15) is 4.80 Å². The Bertz CT molecular complexity index is 921. The third kappa shape index (κ3) is 4.84. The predicted molar refractivity (Wildman–Crippen MR) is 104 cm³/mol. The van der Waals surface area contributed by atoms with Gasteiger partial charge < -0.3 is 9.47 Å². The lowest BCUT2D eigenvalue weighted by Gasteiger charge is -2.29. The molecule has 2 aromatic carbocycles. The van der Waals surface area contributed by atoms with E-state index in [1.807, 2.05) is 32.9 Å². The lowest BCUT2D eigenvalue weighted by atomic mass is 10.1. The average Bonchev–Trinajstić information content (AvgIpc) is 3.00. The van der Waals surface area contributed by atoms with Crippen molar-refractivity contribution in [2.45, 2.75) is 52.2 Å². The van der Waals surface area contributed by atoms with Crippen LogP contribution in [-0.4, -0.2) is 32.8 Å². The third-order valence-corrected chi connectivity index (χ3v) is 4.12. The second-order valence-corrected chi connectivity index (χ2v) is 8.29. The van der Waals surface area contributed by atoms with Gasteiger partial charge in [0.25, 0.3) is 0 Å². The van der Waals surface area contributed by atoms with Gasteiger partial charge in [-0.05, 0) is 46.8 Å². The topological polar surface area (TPSA) is 49.2 Å². The quantitative estimate of drug-likeness (QED) is 0.591. The number of aromatic nitrogens is 3. The summed E-state index contributed by atoms with van der Waals surface area (Å²) in [5.74, 6) is -2.02. The van der Waals surface area contributed by atoms with Crippen LogP contribution >= 0.6 is 0 Å². The smallest absolute Gasteiger partial charge is 0.191 e. The van der Waals surface area contributed by atoms with Crippen LogP contribution in [0.15, 0.2) is 36.4 Å². The van der Waals surface area contributed by atoms with Crippen molar-refractivity contribution in [1.82, 2.24) is 15.0 Å². The molecule has 1 heterocycles. The summed E-state index contributed by atoms with van der Waals surface area (Å²) in [6, 6.07) is 9.55. The Hall–Kier alpha value is -2.54. The number of rotatable bonds is 6. The van der Waals surface area contributed by atoms with Crippen molar-refractivity contribution >= 4 is 11.0 Å². The molecule has 0 unspecified atom stereocenters. The molecule has 0 radical (unpaired) electrons. The Kier molecular flexibility index (Phi) is 5.39. The zero-order chi connectivity index (χ0) is 20.5. The fourth-order valence-electron chi connectivity index (χ4n) is 2.67. The van der Waals surface area contributed by atoms with Crippen LogP contribution in [0, 0.1) is 11.6 Å². The highest BCUT2D eigenvalue weighted by Crippen LogP contribution is 2.30. The highest BCUT2D eigenvalue weighted by Gasteiger charge is 2.26. The number of ether oxygens (including phenoxy) is 2. The van der Waals surface area contributed by atoms with E-state index in [1.165, 1.54) is 16.9 Å². The number of benzene rings is 2. The van der Waals surface area contributed by atoms with Gasteiger partial charge in [0.2, 0.25) is 0 Å². The normalized spacial score (nSPS) is 12.5. The van der Waals surface area contributed by atoms with E-state index in [0.717, 1.165) is 0 Å². The molecule has 0 amide bonds. The molecule has 0 atom stereocenters.